The maximum absolute atomic E-state index is 2.55. The Morgan fingerprint density at radius 1 is 0.291 bits per heavy atom. The Labute approximate surface area is 324 Å². The number of hydrogen-bond acceptors (Lipinski definition) is 1. The highest BCUT2D eigenvalue weighted by atomic mass is 15.1. The fourth-order valence-corrected chi connectivity index (χ4v) is 10.6. The van der Waals surface area contributed by atoms with E-state index in [0.29, 0.717) is 0 Å². The average molecular weight is 704 g/mol. The van der Waals surface area contributed by atoms with Crippen LogP contribution in [0.5, 0.6) is 0 Å². The Morgan fingerprint density at radius 2 is 0.745 bits per heavy atom. The van der Waals surface area contributed by atoms with Gasteiger partial charge in [0.1, 0.15) is 0 Å². The third kappa shape index (κ3) is 4.86. The summed E-state index contributed by atoms with van der Waals surface area (Å²) in [4.78, 5) is 2.47. The molecule has 0 unspecified atom stereocenters. The van der Waals surface area contributed by atoms with Crippen LogP contribution in [0.25, 0.3) is 44.5 Å². The lowest BCUT2D eigenvalue weighted by atomic mass is 9.57. The van der Waals surface area contributed by atoms with Crippen molar-refractivity contribution in [3.05, 3.63) is 222 Å². The van der Waals surface area contributed by atoms with Crippen molar-refractivity contribution in [2.45, 2.75) is 36.5 Å². The first-order valence-corrected chi connectivity index (χ1v) is 19.8. The van der Waals surface area contributed by atoms with Gasteiger partial charge in [-0.05, 0) is 123 Å². The zero-order valence-corrected chi connectivity index (χ0v) is 30.8. The lowest BCUT2D eigenvalue weighted by Gasteiger charge is -2.46. The Balaban J connectivity index is 1.05. The van der Waals surface area contributed by atoms with Gasteiger partial charge in [0.25, 0.3) is 0 Å². The summed E-state index contributed by atoms with van der Waals surface area (Å²) in [5.74, 6) is 0. The summed E-state index contributed by atoms with van der Waals surface area (Å²) in [7, 11) is 0. The van der Waals surface area contributed by atoms with Crippen molar-refractivity contribution in [1.82, 2.24) is 0 Å². The first kappa shape index (κ1) is 32.0. The highest BCUT2D eigenvalue weighted by Crippen LogP contribution is 2.64. The average Bonchev–Trinajstić information content (AvgIpc) is 3.69. The van der Waals surface area contributed by atoms with E-state index in [1.54, 1.807) is 0 Å². The van der Waals surface area contributed by atoms with Gasteiger partial charge in [0.2, 0.25) is 0 Å². The molecule has 11 rings (SSSR count). The van der Waals surface area contributed by atoms with Gasteiger partial charge < -0.3 is 4.90 Å². The maximum atomic E-state index is 2.55. The van der Waals surface area contributed by atoms with E-state index < -0.39 is 0 Å². The van der Waals surface area contributed by atoms with E-state index in [-0.39, 0.29) is 10.8 Å². The minimum atomic E-state index is -0.0662. The molecule has 0 N–H and O–H groups in total. The van der Waals surface area contributed by atoms with E-state index in [1.807, 2.05) is 0 Å². The second-order valence-corrected chi connectivity index (χ2v) is 15.7. The van der Waals surface area contributed by atoms with E-state index in [4.69, 9.17) is 0 Å². The lowest BCUT2D eigenvalue weighted by Crippen LogP contribution is -2.39. The Kier molecular flexibility index (Phi) is 7.32. The lowest BCUT2D eigenvalue weighted by molar-refractivity contribution is 0.265. The van der Waals surface area contributed by atoms with Crippen LogP contribution in [0, 0.1) is 0 Å². The van der Waals surface area contributed by atoms with Gasteiger partial charge in [-0.3, -0.25) is 0 Å². The predicted octanol–water partition coefficient (Wildman–Crippen LogP) is 14.3. The smallest absolute Gasteiger partial charge is 0.0540 e. The summed E-state index contributed by atoms with van der Waals surface area (Å²) < 4.78 is 0. The molecule has 3 aliphatic carbocycles. The second-order valence-electron chi connectivity index (χ2n) is 15.7. The molecule has 1 saturated carbocycles. The van der Waals surface area contributed by atoms with E-state index in [2.05, 4.69) is 205 Å². The number of rotatable bonds is 5. The Hall–Kier alpha value is -6.44. The second kappa shape index (κ2) is 12.6. The van der Waals surface area contributed by atoms with Crippen molar-refractivity contribution in [1.29, 1.82) is 0 Å². The molecule has 0 saturated heterocycles. The number of fused-ring (bicyclic) bond motifs is 10. The molecule has 0 aliphatic heterocycles. The molecule has 0 atom stereocenters. The summed E-state index contributed by atoms with van der Waals surface area (Å²) >= 11 is 0. The molecule has 262 valence electrons. The van der Waals surface area contributed by atoms with Crippen molar-refractivity contribution in [2.24, 2.45) is 0 Å². The molecule has 1 heteroatoms. The third-order valence-electron chi connectivity index (χ3n) is 13.1. The molecule has 8 aromatic rings. The molecule has 3 aliphatic rings. The Morgan fingerprint density at radius 3 is 1.36 bits per heavy atom. The van der Waals surface area contributed by atoms with E-state index in [1.165, 1.54) is 78.1 Å². The topological polar surface area (TPSA) is 3.24 Å². The van der Waals surface area contributed by atoms with Crippen molar-refractivity contribution in [3.8, 4) is 44.5 Å². The van der Waals surface area contributed by atoms with Gasteiger partial charge in [0.15, 0.2) is 0 Å². The van der Waals surface area contributed by atoms with Gasteiger partial charge in [0.05, 0.1) is 5.69 Å². The van der Waals surface area contributed by atoms with Gasteiger partial charge in [-0.25, -0.2) is 0 Å². The third-order valence-corrected chi connectivity index (χ3v) is 13.1. The fourth-order valence-electron chi connectivity index (χ4n) is 10.6. The minimum absolute atomic E-state index is 0.0119. The molecule has 8 aromatic carbocycles. The van der Waals surface area contributed by atoms with Crippen LogP contribution in [0.15, 0.2) is 200 Å². The van der Waals surface area contributed by atoms with Crippen LogP contribution in [0.2, 0.25) is 0 Å². The minimum Gasteiger partial charge on any atom is -0.310 e. The van der Waals surface area contributed by atoms with Crippen LogP contribution >= 0.6 is 0 Å². The molecule has 0 radical (unpaired) electrons. The van der Waals surface area contributed by atoms with Crippen LogP contribution in [-0.2, 0) is 10.8 Å². The fraction of sp³-hybridized carbons (Fsp3) is 0.111. The molecular weight excluding hydrogens is 663 g/mol. The Bertz CT molecular complexity index is 2700. The van der Waals surface area contributed by atoms with E-state index in [0.717, 1.165) is 31.4 Å². The van der Waals surface area contributed by atoms with Gasteiger partial charge in [-0.2, -0.15) is 0 Å². The molecule has 1 nitrogen and oxygen atoms in total. The highest BCUT2D eigenvalue weighted by molar-refractivity contribution is 5.91. The standard InChI is InChI=1S/C54H41N/c1-4-16-38(17-5-1)40-28-30-46-44-23-10-13-25-48(44)53(50(46)36-40)32-34-54(35-33-53)49-26-14-11-24-45(49)47-31-29-42(37-51(47)54)55(41-20-8-3-9-21-41)52-27-15-12-22-43(52)39-18-6-2-7-19-39/h1-31,36-37H,32-35H2. The highest BCUT2D eigenvalue weighted by Gasteiger charge is 2.53. The first-order valence-electron chi connectivity index (χ1n) is 19.8. The molecule has 0 amide bonds. The van der Waals surface area contributed by atoms with Crippen molar-refractivity contribution < 1.29 is 0 Å². The van der Waals surface area contributed by atoms with Crippen LogP contribution in [-0.4, -0.2) is 0 Å². The van der Waals surface area contributed by atoms with Crippen LogP contribution < -0.4 is 4.90 Å². The van der Waals surface area contributed by atoms with Gasteiger partial charge in [-0.15, -0.1) is 0 Å². The number of anilines is 3. The van der Waals surface area contributed by atoms with Crippen molar-refractivity contribution >= 4 is 17.1 Å². The van der Waals surface area contributed by atoms with Crippen molar-refractivity contribution in [2.75, 3.05) is 4.90 Å². The molecule has 55 heavy (non-hydrogen) atoms. The normalized spacial score (nSPS) is 18.8. The van der Waals surface area contributed by atoms with Crippen molar-refractivity contribution in [3.63, 3.8) is 0 Å². The maximum Gasteiger partial charge on any atom is 0.0540 e. The molecule has 0 heterocycles. The molecule has 0 aromatic heterocycles. The molecule has 1 fully saturated rings. The number of nitrogens with zero attached hydrogens (tertiary/aromatic N) is 1. The summed E-state index contributed by atoms with van der Waals surface area (Å²) in [5.41, 5.74) is 20.1. The molecule has 0 bridgehead atoms. The molecule has 2 spiro atoms. The summed E-state index contributed by atoms with van der Waals surface area (Å²) in [5, 5.41) is 0. The zero-order valence-electron chi connectivity index (χ0n) is 30.8. The number of benzene rings is 8. The van der Waals surface area contributed by atoms with Gasteiger partial charge in [-0.1, -0.05) is 164 Å². The molecular formula is C54H41N. The van der Waals surface area contributed by atoms with Gasteiger partial charge in [0, 0.05) is 27.8 Å². The summed E-state index contributed by atoms with van der Waals surface area (Å²) in [6, 6.07) is 74.5. The summed E-state index contributed by atoms with van der Waals surface area (Å²) in [6.07, 6.45) is 4.39. The predicted molar refractivity (Wildman–Crippen MR) is 229 cm³/mol. The van der Waals surface area contributed by atoms with Crippen LogP contribution in [0.1, 0.15) is 47.9 Å². The van der Waals surface area contributed by atoms with Gasteiger partial charge >= 0.3 is 0 Å². The monoisotopic (exact) mass is 703 g/mol. The number of hydrogen-bond donors (Lipinski definition) is 0. The summed E-state index contributed by atoms with van der Waals surface area (Å²) in [6.45, 7) is 0. The van der Waals surface area contributed by atoms with E-state index >= 15 is 0 Å². The van der Waals surface area contributed by atoms with E-state index in [9.17, 15) is 0 Å². The SMILES string of the molecule is c1ccc(-c2ccc3c(c2)C2(CCC4(CC2)c2ccccc2-c2ccc(N(c5ccccc5)c5ccccc5-c5ccccc5)cc24)c2ccccc2-3)cc1. The first-order chi connectivity index (χ1) is 27.2. The largest absolute Gasteiger partial charge is 0.310 e. The zero-order chi connectivity index (χ0) is 36.4. The quantitative estimate of drug-likeness (QED) is 0.172. The van der Waals surface area contributed by atoms with Crippen LogP contribution in [0.4, 0.5) is 17.1 Å². The number of para-hydroxylation sites is 2. The van der Waals surface area contributed by atoms with Crippen LogP contribution in [0.3, 0.4) is 0 Å².